The highest BCUT2D eigenvalue weighted by Crippen LogP contribution is 2.08. The molecule has 5 nitrogen and oxygen atoms in total. The molecule has 0 spiro atoms. The largest absolute Gasteiger partial charge is 0.410 e. The van der Waals surface area contributed by atoms with Crippen molar-refractivity contribution >= 4 is 17.3 Å². The molecule has 0 aliphatic carbocycles. The van der Waals surface area contributed by atoms with E-state index < -0.39 is 11.6 Å². The van der Waals surface area contributed by atoms with Gasteiger partial charge in [0, 0.05) is 5.69 Å². The normalized spacial score (nSPS) is 10.5. The fourth-order valence-electron chi connectivity index (χ4n) is 0.946. The lowest BCUT2D eigenvalue weighted by molar-refractivity contribution is -0.110. The molecule has 1 amide bonds. The highest BCUT2D eigenvalue weighted by Gasteiger charge is 2.10. The summed E-state index contributed by atoms with van der Waals surface area (Å²) in [5.41, 5.74) is 1.03. The Bertz CT molecular complexity index is 429. The van der Waals surface area contributed by atoms with Crippen LogP contribution in [0.15, 0.2) is 29.4 Å². The molecule has 0 fully saturated rings. The first-order valence-electron chi connectivity index (χ1n) is 4.17. The van der Waals surface area contributed by atoms with E-state index in [0.717, 1.165) is 5.56 Å². The van der Waals surface area contributed by atoms with E-state index in [1.54, 1.807) is 12.1 Å². The van der Waals surface area contributed by atoms with Crippen molar-refractivity contribution in [2.75, 3.05) is 5.32 Å². The fourth-order valence-corrected chi connectivity index (χ4v) is 0.946. The number of rotatable bonds is 2. The van der Waals surface area contributed by atoms with Gasteiger partial charge in [0.2, 0.25) is 5.71 Å². The van der Waals surface area contributed by atoms with E-state index in [4.69, 9.17) is 10.5 Å². The highest BCUT2D eigenvalue weighted by molar-refractivity contribution is 6.48. The van der Waals surface area contributed by atoms with Gasteiger partial charge in [-0.15, -0.1) is 0 Å². The topological polar surface area (TPSA) is 85.5 Å². The maximum absolute atomic E-state index is 11.2. The van der Waals surface area contributed by atoms with Crippen LogP contribution in [0, 0.1) is 18.3 Å². The zero-order valence-corrected chi connectivity index (χ0v) is 8.06. The molecule has 0 unspecified atom stereocenters. The Morgan fingerprint density at radius 2 is 2.07 bits per heavy atom. The van der Waals surface area contributed by atoms with E-state index in [1.807, 2.05) is 19.1 Å². The van der Waals surface area contributed by atoms with Gasteiger partial charge in [0.05, 0.1) is 0 Å². The molecule has 0 radical (unpaired) electrons. The van der Waals surface area contributed by atoms with Gasteiger partial charge in [0.15, 0.2) is 0 Å². The lowest BCUT2D eigenvalue weighted by atomic mass is 10.2. The monoisotopic (exact) mass is 203 g/mol. The number of nitriles is 1. The SMILES string of the molecule is Cc1ccc(NC(=O)C(C#N)=NO)cc1. The summed E-state index contributed by atoms with van der Waals surface area (Å²) in [5.74, 6) is -0.733. The van der Waals surface area contributed by atoms with Gasteiger partial charge in [-0.1, -0.05) is 22.9 Å². The first kappa shape index (κ1) is 10.7. The van der Waals surface area contributed by atoms with Crippen molar-refractivity contribution in [3.63, 3.8) is 0 Å². The number of nitrogens with one attached hydrogen (secondary N) is 1. The third-order valence-corrected chi connectivity index (χ3v) is 1.73. The Kier molecular flexibility index (Phi) is 3.41. The van der Waals surface area contributed by atoms with Gasteiger partial charge in [-0.05, 0) is 19.1 Å². The first-order valence-corrected chi connectivity index (χ1v) is 4.17. The lowest BCUT2D eigenvalue weighted by Crippen LogP contribution is -2.21. The van der Waals surface area contributed by atoms with Gasteiger partial charge < -0.3 is 10.5 Å². The molecule has 15 heavy (non-hydrogen) atoms. The zero-order valence-electron chi connectivity index (χ0n) is 8.06. The minimum Gasteiger partial charge on any atom is -0.410 e. The zero-order chi connectivity index (χ0) is 11.3. The van der Waals surface area contributed by atoms with Gasteiger partial charge in [0.1, 0.15) is 6.07 Å². The molecular formula is C10H9N3O2. The maximum atomic E-state index is 11.2. The second kappa shape index (κ2) is 4.77. The summed E-state index contributed by atoms with van der Waals surface area (Å²) in [6, 6.07) is 8.49. The molecule has 1 rings (SSSR count). The number of hydrogen-bond donors (Lipinski definition) is 2. The van der Waals surface area contributed by atoms with Gasteiger partial charge >= 0.3 is 0 Å². The number of hydrogen-bond acceptors (Lipinski definition) is 4. The minimum atomic E-state index is -0.733. The van der Waals surface area contributed by atoms with Crippen LogP contribution in [0.2, 0.25) is 0 Å². The van der Waals surface area contributed by atoms with E-state index in [9.17, 15) is 4.79 Å². The summed E-state index contributed by atoms with van der Waals surface area (Å²) in [6.45, 7) is 1.92. The maximum Gasteiger partial charge on any atom is 0.288 e. The van der Waals surface area contributed by atoms with Crippen molar-refractivity contribution in [3.05, 3.63) is 29.8 Å². The number of oxime groups is 1. The van der Waals surface area contributed by atoms with Crippen molar-refractivity contribution in [2.24, 2.45) is 5.16 Å². The fraction of sp³-hybridized carbons (Fsp3) is 0.100. The summed E-state index contributed by atoms with van der Waals surface area (Å²) in [6.07, 6.45) is 0. The Hall–Kier alpha value is -2.35. The van der Waals surface area contributed by atoms with Crippen molar-refractivity contribution in [1.82, 2.24) is 0 Å². The highest BCUT2D eigenvalue weighted by atomic mass is 16.4. The van der Waals surface area contributed by atoms with Crippen LogP contribution < -0.4 is 5.32 Å². The summed E-state index contributed by atoms with van der Waals surface area (Å²) >= 11 is 0. The Balaban J connectivity index is 2.76. The van der Waals surface area contributed by atoms with E-state index >= 15 is 0 Å². The third-order valence-electron chi connectivity index (χ3n) is 1.73. The average molecular weight is 203 g/mol. The molecule has 1 aromatic carbocycles. The summed E-state index contributed by atoms with van der Waals surface area (Å²) in [4.78, 5) is 11.2. The number of amides is 1. The lowest BCUT2D eigenvalue weighted by Gasteiger charge is -2.02. The molecule has 0 atom stereocenters. The molecular weight excluding hydrogens is 194 g/mol. The number of benzene rings is 1. The van der Waals surface area contributed by atoms with E-state index in [1.165, 1.54) is 6.07 Å². The number of carbonyl (C=O) groups is 1. The molecule has 0 saturated carbocycles. The van der Waals surface area contributed by atoms with E-state index in [0.29, 0.717) is 5.69 Å². The van der Waals surface area contributed by atoms with Crippen LogP contribution in [0.5, 0.6) is 0 Å². The molecule has 0 bridgehead atoms. The Labute approximate surface area is 86.6 Å². The van der Waals surface area contributed by atoms with Gasteiger partial charge in [-0.3, -0.25) is 4.79 Å². The molecule has 0 aliphatic rings. The van der Waals surface area contributed by atoms with Crippen molar-refractivity contribution in [3.8, 4) is 6.07 Å². The third kappa shape index (κ3) is 2.81. The van der Waals surface area contributed by atoms with Crippen LogP contribution in [0.25, 0.3) is 0 Å². The second-order valence-corrected chi connectivity index (χ2v) is 2.88. The molecule has 1 aromatic rings. The molecule has 0 heterocycles. The smallest absolute Gasteiger partial charge is 0.288 e. The van der Waals surface area contributed by atoms with Crippen LogP contribution in [-0.4, -0.2) is 16.8 Å². The molecule has 76 valence electrons. The predicted molar refractivity (Wildman–Crippen MR) is 54.6 cm³/mol. The quantitative estimate of drug-likeness (QED) is 0.431. The second-order valence-electron chi connectivity index (χ2n) is 2.88. The number of anilines is 1. The van der Waals surface area contributed by atoms with Crippen LogP contribution in [0.1, 0.15) is 5.56 Å². The summed E-state index contributed by atoms with van der Waals surface area (Å²) in [5, 5.41) is 21.7. The predicted octanol–water partition coefficient (Wildman–Crippen LogP) is 1.29. The first-order chi connectivity index (χ1) is 7.17. The van der Waals surface area contributed by atoms with E-state index in [2.05, 4.69) is 10.5 Å². The Morgan fingerprint density at radius 3 is 2.53 bits per heavy atom. The minimum absolute atomic E-state index is 0.544. The average Bonchev–Trinajstić information content (AvgIpc) is 2.23. The van der Waals surface area contributed by atoms with Crippen LogP contribution in [0.3, 0.4) is 0 Å². The van der Waals surface area contributed by atoms with Gasteiger partial charge in [-0.25, -0.2) is 0 Å². The van der Waals surface area contributed by atoms with Crippen LogP contribution >= 0.6 is 0 Å². The van der Waals surface area contributed by atoms with E-state index in [-0.39, 0.29) is 0 Å². The molecule has 0 aliphatic heterocycles. The van der Waals surface area contributed by atoms with Gasteiger partial charge in [-0.2, -0.15) is 5.26 Å². The van der Waals surface area contributed by atoms with Crippen LogP contribution in [0.4, 0.5) is 5.69 Å². The number of aryl methyl sites for hydroxylation is 1. The van der Waals surface area contributed by atoms with Crippen LogP contribution in [-0.2, 0) is 4.79 Å². The molecule has 0 aromatic heterocycles. The molecule has 5 heteroatoms. The summed E-state index contributed by atoms with van der Waals surface area (Å²) < 4.78 is 0. The van der Waals surface area contributed by atoms with Crippen molar-refractivity contribution in [2.45, 2.75) is 6.92 Å². The summed E-state index contributed by atoms with van der Waals surface area (Å²) in [7, 11) is 0. The van der Waals surface area contributed by atoms with Crippen molar-refractivity contribution in [1.29, 1.82) is 5.26 Å². The molecule has 2 N–H and O–H groups in total. The van der Waals surface area contributed by atoms with Crippen molar-refractivity contribution < 1.29 is 10.0 Å². The number of nitrogens with zero attached hydrogens (tertiary/aromatic N) is 2. The standard InChI is InChI=1S/C10H9N3O2/c1-7-2-4-8(5-3-7)12-10(14)9(6-11)13-15/h2-5,15H,1H3,(H,12,14). The number of carbonyl (C=O) groups excluding carboxylic acids is 1. The van der Waals surface area contributed by atoms with Gasteiger partial charge in [0.25, 0.3) is 5.91 Å². The Morgan fingerprint density at radius 1 is 1.47 bits per heavy atom. The molecule has 0 saturated heterocycles.